The molecule has 2 aliphatic heterocycles. The largest absolute Gasteiger partial charge is 0.493 e. The molecule has 8 heteroatoms. The molecular formula is C25H30N4O4. The van der Waals surface area contributed by atoms with E-state index >= 15 is 0 Å². The summed E-state index contributed by atoms with van der Waals surface area (Å²) in [7, 11) is 0. The van der Waals surface area contributed by atoms with Crippen molar-refractivity contribution >= 4 is 29.1 Å². The lowest BCUT2D eigenvalue weighted by molar-refractivity contribution is -0.119. The quantitative estimate of drug-likeness (QED) is 0.514. The fourth-order valence-corrected chi connectivity index (χ4v) is 4.13. The van der Waals surface area contributed by atoms with Crippen molar-refractivity contribution in [3.05, 3.63) is 54.1 Å². The van der Waals surface area contributed by atoms with Crippen LogP contribution in [0.5, 0.6) is 5.75 Å². The molecule has 2 amide bonds. The molecule has 1 saturated heterocycles. The predicted molar refractivity (Wildman–Crippen MR) is 127 cm³/mol. The summed E-state index contributed by atoms with van der Waals surface area (Å²) in [5.41, 5.74) is 2.67. The van der Waals surface area contributed by atoms with Gasteiger partial charge >= 0.3 is 0 Å². The first-order chi connectivity index (χ1) is 16.2. The summed E-state index contributed by atoms with van der Waals surface area (Å²) in [4.78, 5) is 32.3. The number of benzene rings is 2. The number of hydrogen-bond acceptors (Lipinski definition) is 6. The first kappa shape index (κ1) is 22.8. The minimum atomic E-state index is -0.0572. The second-order valence-corrected chi connectivity index (χ2v) is 8.21. The number of rotatable bonds is 11. The number of nitrogens with zero attached hydrogens (tertiary/aromatic N) is 3. The minimum Gasteiger partial charge on any atom is -0.493 e. The minimum absolute atomic E-state index is 0.0363. The molecule has 0 radical (unpaired) electrons. The molecule has 174 valence electrons. The zero-order valence-electron chi connectivity index (χ0n) is 18.7. The molecule has 0 bridgehead atoms. The molecule has 2 aliphatic rings. The second-order valence-electron chi connectivity index (χ2n) is 8.21. The van der Waals surface area contributed by atoms with Gasteiger partial charge in [0.25, 0.3) is 0 Å². The Labute approximate surface area is 193 Å². The molecule has 0 saturated carbocycles. The molecule has 0 unspecified atom stereocenters. The highest BCUT2D eigenvalue weighted by molar-refractivity contribution is 6.06. The third-order valence-corrected chi connectivity index (χ3v) is 5.80. The van der Waals surface area contributed by atoms with Gasteiger partial charge in [-0.1, -0.05) is 37.1 Å². The zero-order chi connectivity index (χ0) is 23.0. The van der Waals surface area contributed by atoms with Gasteiger partial charge in [0.2, 0.25) is 17.8 Å². The number of amides is 2. The number of ether oxygens (including phenoxy) is 1. The fourth-order valence-electron chi connectivity index (χ4n) is 4.13. The SMILES string of the molecule is O=C1CN2Cc3c(cccc3OCCCCCCC(=O)N(CCO)c3ccccc3)N=C2N1. The number of para-hydroxylation sites is 1. The Morgan fingerprint density at radius 3 is 2.70 bits per heavy atom. The summed E-state index contributed by atoms with van der Waals surface area (Å²) >= 11 is 0. The summed E-state index contributed by atoms with van der Waals surface area (Å²) in [5, 5.41) is 12.1. The summed E-state index contributed by atoms with van der Waals surface area (Å²) in [5.74, 6) is 1.43. The molecular weight excluding hydrogens is 420 g/mol. The maximum absolute atomic E-state index is 12.6. The molecule has 0 aliphatic carbocycles. The third kappa shape index (κ3) is 5.70. The van der Waals surface area contributed by atoms with E-state index in [0.29, 0.717) is 38.6 Å². The Morgan fingerprint density at radius 2 is 1.88 bits per heavy atom. The van der Waals surface area contributed by atoms with Crippen LogP contribution in [-0.2, 0) is 16.1 Å². The number of aliphatic imine (C=N–C) groups is 1. The second kappa shape index (κ2) is 11.0. The Bertz CT molecular complexity index is 1010. The predicted octanol–water partition coefficient (Wildman–Crippen LogP) is 2.97. The van der Waals surface area contributed by atoms with E-state index in [0.717, 1.165) is 48.4 Å². The lowest BCUT2D eigenvalue weighted by Crippen LogP contribution is -2.33. The van der Waals surface area contributed by atoms with Crippen molar-refractivity contribution in [1.29, 1.82) is 0 Å². The third-order valence-electron chi connectivity index (χ3n) is 5.80. The molecule has 2 aromatic rings. The topological polar surface area (TPSA) is 94.5 Å². The first-order valence-electron chi connectivity index (χ1n) is 11.5. The number of anilines is 1. The van der Waals surface area contributed by atoms with Crippen molar-refractivity contribution in [3.63, 3.8) is 0 Å². The van der Waals surface area contributed by atoms with E-state index in [9.17, 15) is 14.7 Å². The van der Waals surface area contributed by atoms with E-state index in [-0.39, 0.29) is 18.4 Å². The highest BCUT2D eigenvalue weighted by atomic mass is 16.5. The molecule has 2 aromatic carbocycles. The maximum Gasteiger partial charge on any atom is 0.246 e. The van der Waals surface area contributed by atoms with Crippen LogP contribution >= 0.6 is 0 Å². The molecule has 2 heterocycles. The monoisotopic (exact) mass is 450 g/mol. The van der Waals surface area contributed by atoms with Crippen molar-refractivity contribution in [1.82, 2.24) is 10.2 Å². The standard InChI is InChI=1S/C25H30N4O4/c30-15-14-29(19-9-4-3-5-10-19)24(32)13-6-1-2-7-16-33-22-12-8-11-21-20(22)17-28-18-23(31)27-25(28)26-21/h3-5,8-12,30H,1-2,6-7,13-18H2,(H,26,27,31). The van der Waals surface area contributed by atoms with Crippen molar-refractivity contribution in [3.8, 4) is 5.75 Å². The fraction of sp³-hybridized carbons (Fsp3) is 0.400. The zero-order valence-corrected chi connectivity index (χ0v) is 18.7. The van der Waals surface area contributed by atoms with Gasteiger partial charge in [-0.25, -0.2) is 4.99 Å². The lowest BCUT2D eigenvalue weighted by Gasteiger charge is -2.24. The van der Waals surface area contributed by atoms with Gasteiger partial charge in [0.1, 0.15) is 12.3 Å². The molecule has 8 nitrogen and oxygen atoms in total. The molecule has 0 aromatic heterocycles. The number of aliphatic hydroxyl groups is 1. The van der Waals surface area contributed by atoms with Crippen LogP contribution in [0.25, 0.3) is 0 Å². The highest BCUT2D eigenvalue weighted by Gasteiger charge is 2.30. The van der Waals surface area contributed by atoms with Crippen molar-refractivity contribution < 1.29 is 19.4 Å². The van der Waals surface area contributed by atoms with Gasteiger partial charge in [0.05, 0.1) is 25.4 Å². The van der Waals surface area contributed by atoms with Crippen LogP contribution in [0, 0.1) is 0 Å². The molecule has 1 fully saturated rings. The first-order valence-corrected chi connectivity index (χ1v) is 11.5. The van der Waals surface area contributed by atoms with Crippen LogP contribution in [0.15, 0.2) is 53.5 Å². The molecule has 0 spiro atoms. The Hall–Kier alpha value is -3.39. The average Bonchev–Trinajstić information content (AvgIpc) is 3.19. The van der Waals surface area contributed by atoms with Crippen molar-refractivity contribution in [2.75, 3.05) is 31.2 Å². The number of carbonyl (C=O) groups excluding carboxylic acids is 2. The van der Waals surface area contributed by atoms with Crippen LogP contribution in [0.1, 0.15) is 37.7 Å². The summed E-state index contributed by atoms with van der Waals surface area (Å²) in [6.07, 6.45) is 4.08. The van der Waals surface area contributed by atoms with E-state index in [4.69, 9.17) is 4.74 Å². The molecule has 0 atom stereocenters. The van der Waals surface area contributed by atoms with Crippen LogP contribution in [0.3, 0.4) is 0 Å². The number of fused-ring (bicyclic) bond motifs is 2. The van der Waals surface area contributed by atoms with Gasteiger partial charge in [0, 0.05) is 24.2 Å². The van der Waals surface area contributed by atoms with Crippen LogP contribution in [0.2, 0.25) is 0 Å². The normalized spacial score (nSPS) is 14.3. The number of nitrogens with one attached hydrogen (secondary N) is 1. The van der Waals surface area contributed by atoms with E-state index in [2.05, 4.69) is 10.3 Å². The van der Waals surface area contributed by atoms with Gasteiger partial charge in [-0.05, 0) is 37.1 Å². The highest BCUT2D eigenvalue weighted by Crippen LogP contribution is 2.34. The Kier molecular flexibility index (Phi) is 7.57. The summed E-state index contributed by atoms with van der Waals surface area (Å²) in [6.45, 7) is 1.78. The van der Waals surface area contributed by atoms with E-state index in [1.807, 2.05) is 53.4 Å². The van der Waals surface area contributed by atoms with Crippen LogP contribution < -0.4 is 15.0 Å². The van der Waals surface area contributed by atoms with E-state index in [1.54, 1.807) is 4.90 Å². The number of aliphatic hydroxyl groups excluding tert-OH is 1. The molecule has 2 N–H and O–H groups in total. The van der Waals surface area contributed by atoms with E-state index in [1.165, 1.54) is 0 Å². The van der Waals surface area contributed by atoms with Gasteiger partial charge in [-0.3, -0.25) is 14.9 Å². The van der Waals surface area contributed by atoms with Gasteiger partial charge in [-0.15, -0.1) is 0 Å². The summed E-state index contributed by atoms with van der Waals surface area (Å²) in [6, 6.07) is 15.3. The van der Waals surface area contributed by atoms with Crippen molar-refractivity contribution in [2.24, 2.45) is 4.99 Å². The van der Waals surface area contributed by atoms with Crippen LogP contribution in [0.4, 0.5) is 11.4 Å². The van der Waals surface area contributed by atoms with Crippen LogP contribution in [-0.4, -0.2) is 54.1 Å². The van der Waals surface area contributed by atoms with Gasteiger partial charge in [0.15, 0.2) is 0 Å². The maximum atomic E-state index is 12.6. The van der Waals surface area contributed by atoms with Gasteiger partial charge < -0.3 is 19.6 Å². The number of carbonyl (C=O) groups is 2. The van der Waals surface area contributed by atoms with Gasteiger partial charge in [-0.2, -0.15) is 0 Å². The van der Waals surface area contributed by atoms with E-state index < -0.39 is 0 Å². The molecule has 4 rings (SSSR count). The number of unbranched alkanes of at least 4 members (excludes halogenated alkanes) is 3. The molecule has 33 heavy (non-hydrogen) atoms. The Balaban J connectivity index is 1.18. The number of guanidine groups is 1. The number of hydrogen-bond donors (Lipinski definition) is 2. The summed E-state index contributed by atoms with van der Waals surface area (Å²) < 4.78 is 6.03. The van der Waals surface area contributed by atoms with Crippen molar-refractivity contribution in [2.45, 2.75) is 38.6 Å². The Morgan fingerprint density at radius 1 is 1.06 bits per heavy atom. The lowest BCUT2D eigenvalue weighted by atomic mass is 10.1. The average molecular weight is 451 g/mol. The smallest absolute Gasteiger partial charge is 0.246 e.